The molecule has 0 heterocycles. The first kappa shape index (κ1) is 14.6. The fourth-order valence-electron chi connectivity index (χ4n) is 1.43. The highest BCUT2D eigenvalue weighted by Crippen LogP contribution is 2.38. The van der Waals surface area contributed by atoms with Crippen LogP contribution >= 0.6 is 15.9 Å². The van der Waals surface area contributed by atoms with Crippen molar-refractivity contribution in [3.8, 4) is 0 Å². The van der Waals surface area contributed by atoms with Crippen LogP contribution in [0, 0.1) is 5.82 Å². The molecule has 0 radical (unpaired) electrons. The highest BCUT2D eigenvalue weighted by atomic mass is 79.9. The SMILES string of the molecule is CCS(=O)(=O)[C@@](C)(Br)[C@@H](O)c1cccc(F)c1. The number of aliphatic hydroxyl groups excluding tert-OH is 1. The van der Waals surface area contributed by atoms with Gasteiger partial charge >= 0.3 is 0 Å². The second kappa shape index (κ2) is 5.04. The number of halogens is 2. The summed E-state index contributed by atoms with van der Waals surface area (Å²) in [7, 11) is -3.51. The maximum Gasteiger partial charge on any atom is 0.168 e. The molecule has 0 aliphatic carbocycles. The lowest BCUT2D eigenvalue weighted by Gasteiger charge is -2.28. The molecule has 0 aromatic heterocycles. The van der Waals surface area contributed by atoms with Gasteiger partial charge in [0.05, 0.1) is 0 Å². The van der Waals surface area contributed by atoms with Gasteiger partial charge in [-0.25, -0.2) is 12.8 Å². The van der Waals surface area contributed by atoms with Crippen LogP contribution in [0.25, 0.3) is 0 Å². The first-order valence-electron chi connectivity index (χ1n) is 5.07. The quantitative estimate of drug-likeness (QED) is 0.865. The van der Waals surface area contributed by atoms with Crippen LogP contribution in [-0.2, 0) is 9.84 Å². The molecule has 0 unspecified atom stereocenters. The van der Waals surface area contributed by atoms with E-state index in [1.54, 1.807) is 0 Å². The van der Waals surface area contributed by atoms with Gasteiger partial charge in [-0.15, -0.1) is 0 Å². The van der Waals surface area contributed by atoms with Crippen molar-refractivity contribution < 1.29 is 17.9 Å². The van der Waals surface area contributed by atoms with Crippen molar-refractivity contribution in [3.63, 3.8) is 0 Å². The molecule has 0 aliphatic rings. The molecule has 0 aliphatic heterocycles. The highest BCUT2D eigenvalue weighted by molar-refractivity contribution is 9.11. The van der Waals surface area contributed by atoms with Crippen LogP contribution in [0.4, 0.5) is 4.39 Å². The summed E-state index contributed by atoms with van der Waals surface area (Å²) in [5.74, 6) is -0.625. The molecule has 0 saturated heterocycles. The van der Waals surface area contributed by atoms with E-state index >= 15 is 0 Å². The molecule has 3 nitrogen and oxygen atoms in total. The molecule has 0 saturated carbocycles. The monoisotopic (exact) mass is 324 g/mol. The van der Waals surface area contributed by atoms with E-state index in [1.807, 2.05) is 0 Å². The number of hydrogen-bond donors (Lipinski definition) is 1. The zero-order valence-electron chi connectivity index (χ0n) is 9.52. The molecular weight excluding hydrogens is 311 g/mol. The van der Waals surface area contributed by atoms with Crippen molar-refractivity contribution in [2.75, 3.05) is 5.75 Å². The average Bonchev–Trinajstić information content (AvgIpc) is 2.27. The minimum atomic E-state index is -3.51. The average molecular weight is 325 g/mol. The molecule has 96 valence electrons. The standard InChI is InChI=1S/C11H14BrFO3S/c1-3-17(15,16)11(2,12)10(14)8-5-4-6-9(13)7-8/h4-7,10,14H,3H2,1-2H3/t10-,11+/m0/s1. The fourth-order valence-corrected chi connectivity index (χ4v) is 3.42. The van der Waals surface area contributed by atoms with E-state index in [4.69, 9.17) is 0 Å². The normalized spacial score (nSPS) is 17.5. The van der Waals surface area contributed by atoms with Gasteiger partial charge in [0.1, 0.15) is 11.9 Å². The van der Waals surface area contributed by atoms with E-state index in [0.717, 1.165) is 6.07 Å². The maximum absolute atomic E-state index is 13.0. The predicted octanol–water partition coefficient (Wildman–Crippen LogP) is 2.40. The summed E-state index contributed by atoms with van der Waals surface area (Å²) >= 11 is 3.03. The van der Waals surface area contributed by atoms with Gasteiger partial charge < -0.3 is 5.11 Å². The van der Waals surface area contributed by atoms with Crippen LogP contribution in [0.3, 0.4) is 0 Å². The van der Waals surface area contributed by atoms with Crippen LogP contribution in [0.1, 0.15) is 25.5 Å². The molecule has 1 N–H and O–H groups in total. The molecule has 0 amide bonds. The summed E-state index contributed by atoms with van der Waals surface area (Å²) in [5, 5.41) is 10.0. The first-order chi connectivity index (χ1) is 7.72. The Morgan fingerprint density at radius 1 is 1.53 bits per heavy atom. The largest absolute Gasteiger partial charge is 0.386 e. The van der Waals surface area contributed by atoms with Gasteiger partial charge in [-0.2, -0.15) is 0 Å². The lowest BCUT2D eigenvalue weighted by molar-refractivity contribution is 0.167. The maximum atomic E-state index is 13.0. The minimum Gasteiger partial charge on any atom is -0.386 e. The number of sulfone groups is 1. The summed E-state index contributed by atoms with van der Waals surface area (Å²) in [6.07, 6.45) is -1.33. The molecule has 1 aromatic rings. The summed E-state index contributed by atoms with van der Waals surface area (Å²) in [6, 6.07) is 5.26. The van der Waals surface area contributed by atoms with E-state index in [2.05, 4.69) is 15.9 Å². The lowest BCUT2D eigenvalue weighted by atomic mass is 10.1. The van der Waals surface area contributed by atoms with Gasteiger partial charge in [0.15, 0.2) is 13.5 Å². The minimum absolute atomic E-state index is 0.110. The van der Waals surface area contributed by atoms with Crippen LogP contribution in [0.15, 0.2) is 24.3 Å². The first-order valence-corrected chi connectivity index (χ1v) is 7.51. The Morgan fingerprint density at radius 3 is 2.59 bits per heavy atom. The fraction of sp³-hybridized carbons (Fsp3) is 0.455. The van der Waals surface area contributed by atoms with E-state index < -0.39 is 25.4 Å². The van der Waals surface area contributed by atoms with Gasteiger partial charge in [0.25, 0.3) is 0 Å². The Labute approximate surface area is 109 Å². The van der Waals surface area contributed by atoms with E-state index in [1.165, 1.54) is 32.0 Å². The van der Waals surface area contributed by atoms with Crippen molar-refractivity contribution in [1.29, 1.82) is 0 Å². The van der Waals surface area contributed by atoms with E-state index in [9.17, 15) is 17.9 Å². The van der Waals surface area contributed by atoms with Crippen LogP contribution in [0.5, 0.6) is 0 Å². The Hall–Kier alpha value is -0.460. The van der Waals surface area contributed by atoms with Gasteiger partial charge in [0, 0.05) is 5.75 Å². The molecule has 17 heavy (non-hydrogen) atoms. The molecule has 0 fully saturated rings. The molecule has 2 atom stereocenters. The molecular formula is C11H14BrFO3S. The molecule has 0 bridgehead atoms. The van der Waals surface area contributed by atoms with Crippen LogP contribution < -0.4 is 0 Å². The summed E-state index contributed by atoms with van der Waals surface area (Å²) < 4.78 is 35.1. The van der Waals surface area contributed by atoms with E-state index in [0.29, 0.717) is 0 Å². The van der Waals surface area contributed by atoms with Gasteiger partial charge in [0.2, 0.25) is 0 Å². The third kappa shape index (κ3) is 2.86. The van der Waals surface area contributed by atoms with Crippen molar-refractivity contribution >= 4 is 25.8 Å². The van der Waals surface area contributed by atoms with Crippen molar-refractivity contribution in [1.82, 2.24) is 0 Å². The Morgan fingerprint density at radius 2 is 2.12 bits per heavy atom. The van der Waals surface area contributed by atoms with E-state index in [-0.39, 0.29) is 11.3 Å². The summed E-state index contributed by atoms with van der Waals surface area (Å²) in [6.45, 7) is 2.86. The smallest absolute Gasteiger partial charge is 0.168 e. The second-order valence-corrected chi connectivity index (χ2v) is 8.67. The zero-order chi connectivity index (χ0) is 13.3. The molecule has 6 heteroatoms. The van der Waals surface area contributed by atoms with Gasteiger partial charge in [-0.3, -0.25) is 0 Å². The second-order valence-electron chi connectivity index (χ2n) is 3.85. The third-order valence-electron chi connectivity index (χ3n) is 2.64. The van der Waals surface area contributed by atoms with Crippen molar-refractivity contribution in [3.05, 3.63) is 35.6 Å². The van der Waals surface area contributed by atoms with Gasteiger partial charge in [-0.1, -0.05) is 35.0 Å². The Balaban J connectivity index is 3.17. The van der Waals surface area contributed by atoms with Crippen LogP contribution in [0.2, 0.25) is 0 Å². The zero-order valence-corrected chi connectivity index (χ0v) is 11.9. The van der Waals surface area contributed by atoms with Crippen LogP contribution in [-0.4, -0.2) is 22.9 Å². The number of rotatable bonds is 4. The number of benzene rings is 1. The van der Waals surface area contributed by atoms with Gasteiger partial charge in [-0.05, 0) is 24.6 Å². The van der Waals surface area contributed by atoms with Crippen molar-refractivity contribution in [2.24, 2.45) is 0 Å². The summed E-state index contributed by atoms with van der Waals surface area (Å²) in [4.78, 5) is 0. The number of hydrogen-bond acceptors (Lipinski definition) is 3. The Bertz CT molecular complexity index is 499. The third-order valence-corrected chi connectivity index (χ3v) is 6.75. The summed E-state index contributed by atoms with van der Waals surface area (Å²) in [5.41, 5.74) is 0.224. The topological polar surface area (TPSA) is 54.4 Å². The molecule has 1 aromatic carbocycles. The number of alkyl halides is 1. The lowest BCUT2D eigenvalue weighted by Crippen LogP contribution is -2.36. The molecule has 0 spiro atoms. The van der Waals surface area contributed by atoms with Crippen molar-refractivity contribution in [2.45, 2.75) is 23.6 Å². The number of aliphatic hydroxyl groups is 1. The Kier molecular flexibility index (Phi) is 4.33. The predicted molar refractivity (Wildman–Crippen MR) is 68.2 cm³/mol. The molecule has 1 rings (SSSR count). The highest BCUT2D eigenvalue weighted by Gasteiger charge is 2.42.